The normalized spacial score (nSPS) is 28.8. The number of carbonyl (C=O) groups excluding carboxylic acids is 1. The van der Waals surface area contributed by atoms with Gasteiger partial charge in [-0.3, -0.25) is 4.79 Å². The summed E-state index contributed by atoms with van der Waals surface area (Å²) in [7, 11) is 0. The number of hydrogen-bond acceptors (Lipinski definition) is 13. The van der Waals surface area contributed by atoms with Crippen molar-refractivity contribution in [3.05, 3.63) is 36.5 Å². The lowest BCUT2D eigenvalue weighted by molar-refractivity contribution is -0.359. The minimum atomic E-state index is -1.79. The first-order chi connectivity index (χ1) is 28.6. The molecule has 0 aliphatic carbocycles. The molecule has 0 aromatic carbocycles. The molecule has 14 nitrogen and oxygen atoms in total. The Labute approximate surface area is 353 Å². The number of nitrogens with one attached hydrogen (secondary N) is 1. The predicted molar refractivity (Wildman–Crippen MR) is 226 cm³/mol. The maximum Gasteiger partial charge on any atom is 0.220 e. The smallest absolute Gasteiger partial charge is 0.220 e. The SMILES string of the molecule is CCC/C=C\CCCCCCCC(=O)NC(COC1OC(CO)C(OC2OC(CO)C(O)C(O)C2O)C(O)C1O)C(O)/C=C/CC/C=C/CCCCCCCCCCC. The van der Waals surface area contributed by atoms with E-state index in [1.54, 1.807) is 6.08 Å². The van der Waals surface area contributed by atoms with Gasteiger partial charge in [0, 0.05) is 6.42 Å². The van der Waals surface area contributed by atoms with Gasteiger partial charge in [-0.05, 0) is 51.4 Å². The van der Waals surface area contributed by atoms with Crippen LogP contribution in [0, 0.1) is 0 Å². The van der Waals surface area contributed by atoms with Crippen LogP contribution in [-0.4, -0.2) is 140 Å². The average Bonchev–Trinajstić information content (AvgIpc) is 3.23. The van der Waals surface area contributed by atoms with Gasteiger partial charge in [-0.2, -0.15) is 0 Å². The Hall–Kier alpha value is -1.79. The molecule has 0 spiro atoms. The van der Waals surface area contributed by atoms with Gasteiger partial charge < -0.3 is 65.1 Å². The second-order valence-electron chi connectivity index (χ2n) is 16.2. The van der Waals surface area contributed by atoms with E-state index in [0.29, 0.717) is 12.8 Å². The van der Waals surface area contributed by atoms with Gasteiger partial charge in [0.1, 0.15) is 48.8 Å². The fraction of sp³-hybridized carbons (Fsp3) is 0.844. The Bertz CT molecular complexity index is 1140. The number of allylic oxidation sites excluding steroid dienone is 5. The summed E-state index contributed by atoms with van der Waals surface area (Å²) in [6, 6.07) is -0.931. The van der Waals surface area contributed by atoms with Crippen LogP contribution in [-0.2, 0) is 23.7 Å². The van der Waals surface area contributed by atoms with E-state index in [9.17, 15) is 45.6 Å². The highest BCUT2D eigenvalue weighted by Crippen LogP contribution is 2.30. The van der Waals surface area contributed by atoms with Crippen molar-refractivity contribution in [3.63, 3.8) is 0 Å². The molecular weight excluding hydrogens is 762 g/mol. The molecule has 2 rings (SSSR count). The molecule has 2 heterocycles. The Morgan fingerprint density at radius 3 is 1.73 bits per heavy atom. The highest BCUT2D eigenvalue weighted by Gasteiger charge is 2.50. The van der Waals surface area contributed by atoms with E-state index in [4.69, 9.17) is 18.9 Å². The van der Waals surface area contributed by atoms with Crippen LogP contribution in [0.1, 0.15) is 149 Å². The minimum Gasteiger partial charge on any atom is -0.394 e. The third-order valence-electron chi connectivity index (χ3n) is 11.0. The van der Waals surface area contributed by atoms with E-state index < -0.39 is 86.8 Å². The number of aliphatic hydroxyl groups excluding tert-OH is 8. The molecule has 59 heavy (non-hydrogen) atoms. The molecular formula is C45H81NO13. The third-order valence-corrected chi connectivity index (χ3v) is 11.0. The van der Waals surface area contributed by atoms with Crippen molar-refractivity contribution in [1.82, 2.24) is 5.32 Å². The molecule has 0 radical (unpaired) electrons. The summed E-state index contributed by atoms with van der Waals surface area (Å²) in [5.74, 6) is -0.264. The van der Waals surface area contributed by atoms with E-state index in [1.165, 1.54) is 57.8 Å². The number of carbonyl (C=O) groups is 1. The monoisotopic (exact) mass is 844 g/mol. The van der Waals surface area contributed by atoms with Crippen molar-refractivity contribution < 1.29 is 64.6 Å². The summed E-state index contributed by atoms with van der Waals surface area (Å²) in [5, 5.41) is 86.3. The number of amides is 1. The molecule has 2 aliphatic heterocycles. The Balaban J connectivity index is 1.93. The Morgan fingerprint density at radius 1 is 0.593 bits per heavy atom. The minimum absolute atomic E-state index is 0.262. The molecule has 0 bridgehead atoms. The number of aliphatic hydroxyl groups is 8. The van der Waals surface area contributed by atoms with Crippen molar-refractivity contribution in [1.29, 1.82) is 0 Å². The molecule has 2 aliphatic rings. The molecule has 12 unspecified atom stereocenters. The third kappa shape index (κ3) is 21.2. The summed E-state index contributed by atoms with van der Waals surface area (Å²) in [6.45, 7) is 2.66. The zero-order chi connectivity index (χ0) is 43.3. The summed E-state index contributed by atoms with van der Waals surface area (Å²) in [5.41, 5.74) is 0. The number of hydrogen-bond donors (Lipinski definition) is 9. The van der Waals surface area contributed by atoms with Crippen LogP contribution in [0.25, 0.3) is 0 Å². The van der Waals surface area contributed by atoms with E-state index in [-0.39, 0.29) is 18.9 Å². The largest absolute Gasteiger partial charge is 0.394 e. The molecule has 2 fully saturated rings. The van der Waals surface area contributed by atoms with Gasteiger partial charge in [0.25, 0.3) is 0 Å². The fourth-order valence-electron chi connectivity index (χ4n) is 7.25. The zero-order valence-electron chi connectivity index (χ0n) is 36.0. The van der Waals surface area contributed by atoms with E-state index >= 15 is 0 Å². The van der Waals surface area contributed by atoms with Gasteiger partial charge in [0.05, 0.1) is 32.0 Å². The molecule has 14 heteroatoms. The van der Waals surface area contributed by atoms with Gasteiger partial charge in [-0.25, -0.2) is 0 Å². The maximum absolute atomic E-state index is 13.0. The summed E-state index contributed by atoms with van der Waals surface area (Å²) in [4.78, 5) is 13.0. The number of rotatable bonds is 33. The summed E-state index contributed by atoms with van der Waals surface area (Å²) in [6.07, 6.45) is 17.8. The first-order valence-electron chi connectivity index (χ1n) is 22.7. The van der Waals surface area contributed by atoms with E-state index in [1.807, 2.05) is 6.08 Å². The molecule has 0 aromatic rings. The molecule has 1 amide bonds. The molecule has 344 valence electrons. The Kier molecular flexibility index (Phi) is 29.7. The van der Waals surface area contributed by atoms with Gasteiger partial charge in [-0.1, -0.05) is 127 Å². The fourth-order valence-corrected chi connectivity index (χ4v) is 7.25. The van der Waals surface area contributed by atoms with Crippen molar-refractivity contribution in [2.24, 2.45) is 0 Å². The van der Waals surface area contributed by atoms with Crippen LogP contribution in [0.2, 0.25) is 0 Å². The topological polar surface area (TPSA) is 228 Å². The van der Waals surface area contributed by atoms with E-state index in [0.717, 1.165) is 57.8 Å². The molecule has 12 atom stereocenters. The van der Waals surface area contributed by atoms with Crippen LogP contribution in [0.3, 0.4) is 0 Å². The van der Waals surface area contributed by atoms with Crippen LogP contribution in [0.15, 0.2) is 36.5 Å². The molecule has 0 saturated carbocycles. The zero-order valence-corrected chi connectivity index (χ0v) is 36.0. The lowest BCUT2D eigenvalue weighted by Crippen LogP contribution is -2.65. The highest BCUT2D eigenvalue weighted by molar-refractivity contribution is 5.76. The first-order valence-corrected chi connectivity index (χ1v) is 22.7. The van der Waals surface area contributed by atoms with Crippen molar-refractivity contribution in [2.75, 3.05) is 19.8 Å². The standard InChI is InChI=1S/C45H81NO13/c1-3-5-7-9-11-13-15-16-17-18-19-20-22-24-26-28-34(49)33(46-37(50)29-27-25-23-21-14-12-10-8-6-4-2)32-56-44-42(55)40(53)43(36(31-48)58-44)59-45-41(54)39(52)38(51)35(30-47)57-45/h8,10,19-20,26,28,33-36,38-45,47-49,51-55H,3-7,9,11-18,21-25,27,29-32H2,1-2H3,(H,46,50)/b10-8-,20-19+,28-26+. The van der Waals surface area contributed by atoms with Crippen LogP contribution in [0.5, 0.6) is 0 Å². The quantitative estimate of drug-likeness (QED) is 0.0331. The highest BCUT2D eigenvalue weighted by atomic mass is 16.7. The lowest BCUT2D eigenvalue weighted by Gasteiger charge is -2.46. The van der Waals surface area contributed by atoms with Gasteiger partial charge in [0.15, 0.2) is 12.6 Å². The van der Waals surface area contributed by atoms with Crippen LogP contribution >= 0.6 is 0 Å². The van der Waals surface area contributed by atoms with Crippen molar-refractivity contribution in [2.45, 2.75) is 222 Å². The van der Waals surface area contributed by atoms with Gasteiger partial charge >= 0.3 is 0 Å². The van der Waals surface area contributed by atoms with Crippen LogP contribution < -0.4 is 5.32 Å². The lowest BCUT2D eigenvalue weighted by atomic mass is 9.97. The van der Waals surface area contributed by atoms with Gasteiger partial charge in [0.2, 0.25) is 5.91 Å². The number of unbranched alkanes of at least 4 members (excludes halogenated alkanes) is 16. The van der Waals surface area contributed by atoms with Gasteiger partial charge in [-0.15, -0.1) is 0 Å². The second kappa shape index (κ2) is 32.9. The molecule has 0 aromatic heterocycles. The van der Waals surface area contributed by atoms with E-state index in [2.05, 4.69) is 43.5 Å². The second-order valence-corrected chi connectivity index (χ2v) is 16.2. The van der Waals surface area contributed by atoms with Crippen LogP contribution in [0.4, 0.5) is 0 Å². The number of ether oxygens (including phenoxy) is 4. The average molecular weight is 844 g/mol. The first kappa shape index (κ1) is 53.3. The maximum atomic E-state index is 13.0. The Morgan fingerprint density at radius 2 is 1.12 bits per heavy atom. The van der Waals surface area contributed by atoms with Crippen molar-refractivity contribution in [3.8, 4) is 0 Å². The molecule has 9 N–H and O–H groups in total. The van der Waals surface area contributed by atoms with Crippen molar-refractivity contribution >= 4 is 5.91 Å². The summed E-state index contributed by atoms with van der Waals surface area (Å²) >= 11 is 0. The summed E-state index contributed by atoms with van der Waals surface area (Å²) < 4.78 is 22.6. The predicted octanol–water partition coefficient (Wildman–Crippen LogP) is 4.37. The molecule has 2 saturated heterocycles.